The highest BCUT2D eigenvalue weighted by atomic mass is 16.5. The maximum atomic E-state index is 12.0. The molecule has 1 fully saturated rings. The number of rotatable bonds is 6. The highest BCUT2D eigenvalue weighted by Crippen LogP contribution is 2.15. The zero-order chi connectivity index (χ0) is 15.1. The molecular weight excluding hydrogens is 266 g/mol. The fourth-order valence-corrected chi connectivity index (χ4v) is 2.69. The SMILES string of the molecule is COc1ccc(NC(=O)CN(C)CC2CCNCC2)cc1. The van der Waals surface area contributed by atoms with Crippen molar-refractivity contribution < 1.29 is 9.53 Å². The van der Waals surface area contributed by atoms with Crippen molar-refractivity contribution in [3.8, 4) is 5.75 Å². The number of anilines is 1. The van der Waals surface area contributed by atoms with Crippen LogP contribution in [0.5, 0.6) is 5.75 Å². The van der Waals surface area contributed by atoms with Gasteiger partial charge in [0.15, 0.2) is 0 Å². The van der Waals surface area contributed by atoms with Gasteiger partial charge in [-0.05, 0) is 63.2 Å². The second-order valence-electron chi connectivity index (χ2n) is 5.67. The van der Waals surface area contributed by atoms with Crippen LogP contribution < -0.4 is 15.4 Å². The number of piperidine rings is 1. The van der Waals surface area contributed by atoms with Crippen molar-refractivity contribution in [2.75, 3.05) is 45.7 Å². The first-order chi connectivity index (χ1) is 10.2. The molecule has 0 bridgehead atoms. The van der Waals surface area contributed by atoms with Gasteiger partial charge >= 0.3 is 0 Å². The minimum Gasteiger partial charge on any atom is -0.497 e. The molecule has 1 heterocycles. The fraction of sp³-hybridized carbons (Fsp3) is 0.562. The first kappa shape index (κ1) is 15.8. The molecule has 2 rings (SSSR count). The maximum absolute atomic E-state index is 12.0. The van der Waals surface area contributed by atoms with E-state index < -0.39 is 0 Å². The van der Waals surface area contributed by atoms with E-state index in [1.165, 1.54) is 12.8 Å². The van der Waals surface area contributed by atoms with Gasteiger partial charge in [-0.1, -0.05) is 0 Å². The van der Waals surface area contributed by atoms with Gasteiger partial charge < -0.3 is 15.4 Å². The number of nitrogens with zero attached hydrogens (tertiary/aromatic N) is 1. The van der Waals surface area contributed by atoms with Crippen molar-refractivity contribution in [1.82, 2.24) is 10.2 Å². The molecule has 1 amide bonds. The number of carbonyl (C=O) groups excluding carboxylic acids is 1. The van der Waals surface area contributed by atoms with Gasteiger partial charge in [-0.25, -0.2) is 0 Å². The summed E-state index contributed by atoms with van der Waals surface area (Å²) in [4.78, 5) is 14.1. The van der Waals surface area contributed by atoms with E-state index in [0.717, 1.165) is 31.1 Å². The second kappa shape index (κ2) is 8.00. The molecule has 0 aromatic heterocycles. The summed E-state index contributed by atoms with van der Waals surface area (Å²) in [5.74, 6) is 1.51. The number of likely N-dealkylation sites (N-methyl/N-ethyl adjacent to an activating group) is 1. The van der Waals surface area contributed by atoms with E-state index in [-0.39, 0.29) is 5.91 Å². The van der Waals surface area contributed by atoms with Crippen LogP contribution in [0.15, 0.2) is 24.3 Å². The van der Waals surface area contributed by atoms with Gasteiger partial charge in [0.25, 0.3) is 0 Å². The molecule has 1 aliphatic heterocycles. The van der Waals surface area contributed by atoms with Gasteiger partial charge in [0.05, 0.1) is 13.7 Å². The Morgan fingerprint density at radius 3 is 2.62 bits per heavy atom. The van der Waals surface area contributed by atoms with Crippen LogP contribution >= 0.6 is 0 Å². The number of methoxy groups -OCH3 is 1. The van der Waals surface area contributed by atoms with E-state index in [4.69, 9.17) is 4.74 Å². The first-order valence-electron chi connectivity index (χ1n) is 7.50. The van der Waals surface area contributed by atoms with Gasteiger partial charge in [-0.2, -0.15) is 0 Å². The van der Waals surface area contributed by atoms with Crippen molar-refractivity contribution in [1.29, 1.82) is 0 Å². The summed E-state index contributed by atoms with van der Waals surface area (Å²) in [6.07, 6.45) is 2.40. The predicted molar refractivity (Wildman–Crippen MR) is 84.7 cm³/mol. The largest absolute Gasteiger partial charge is 0.497 e. The Kier molecular flexibility index (Phi) is 6.02. The van der Waals surface area contributed by atoms with Crippen LogP contribution in [-0.4, -0.2) is 51.1 Å². The summed E-state index contributed by atoms with van der Waals surface area (Å²) < 4.78 is 5.10. The van der Waals surface area contributed by atoms with Crippen LogP contribution in [0.3, 0.4) is 0 Å². The van der Waals surface area contributed by atoms with Gasteiger partial charge in [0, 0.05) is 12.2 Å². The highest BCUT2D eigenvalue weighted by molar-refractivity contribution is 5.92. The highest BCUT2D eigenvalue weighted by Gasteiger charge is 2.16. The molecule has 5 heteroatoms. The summed E-state index contributed by atoms with van der Waals surface area (Å²) in [7, 11) is 3.64. The maximum Gasteiger partial charge on any atom is 0.238 e. The summed E-state index contributed by atoms with van der Waals surface area (Å²) in [6.45, 7) is 3.60. The molecule has 0 unspecified atom stereocenters. The van der Waals surface area contributed by atoms with E-state index in [1.807, 2.05) is 31.3 Å². The van der Waals surface area contributed by atoms with Crippen molar-refractivity contribution in [3.05, 3.63) is 24.3 Å². The minimum atomic E-state index is 0.0246. The van der Waals surface area contributed by atoms with Crippen LogP contribution in [0.1, 0.15) is 12.8 Å². The Morgan fingerprint density at radius 2 is 2.00 bits per heavy atom. The average molecular weight is 291 g/mol. The molecule has 0 aliphatic carbocycles. The Morgan fingerprint density at radius 1 is 1.33 bits per heavy atom. The standard InChI is InChI=1S/C16H25N3O2/c1-19(11-13-7-9-17-10-8-13)12-16(20)18-14-3-5-15(21-2)6-4-14/h3-6,13,17H,7-12H2,1-2H3,(H,18,20). The molecule has 1 aromatic rings. The lowest BCUT2D eigenvalue weighted by molar-refractivity contribution is -0.117. The summed E-state index contributed by atoms with van der Waals surface area (Å²) in [5.41, 5.74) is 0.802. The topological polar surface area (TPSA) is 53.6 Å². The zero-order valence-corrected chi connectivity index (χ0v) is 12.9. The summed E-state index contributed by atoms with van der Waals surface area (Å²) in [5, 5.41) is 6.28. The summed E-state index contributed by atoms with van der Waals surface area (Å²) in [6, 6.07) is 7.38. The third kappa shape index (κ3) is 5.36. The van der Waals surface area contributed by atoms with Gasteiger partial charge in [-0.15, -0.1) is 0 Å². The molecule has 21 heavy (non-hydrogen) atoms. The normalized spacial score (nSPS) is 16.0. The number of amides is 1. The lowest BCUT2D eigenvalue weighted by Gasteiger charge is -2.27. The molecular formula is C16H25N3O2. The van der Waals surface area contributed by atoms with E-state index in [1.54, 1.807) is 7.11 Å². The number of ether oxygens (including phenoxy) is 1. The second-order valence-corrected chi connectivity index (χ2v) is 5.67. The molecule has 0 saturated carbocycles. The molecule has 0 spiro atoms. The fourth-order valence-electron chi connectivity index (χ4n) is 2.69. The van der Waals surface area contributed by atoms with Crippen molar-refractivity contribution in [3.63, 3.8) is 0 Å². The Labute approximate surface area is 126 Å². The quantitative estimate of drug-likeness (QED) is 0.835. The number of benzene rings is 1. The van der Waals surface area contributed by atoms with Crippen molar-refractivity contribution >= 4 is 11.6 Å². The monoisotopic (exact) mass is 291 g/mol. The molecule has 1 aliphatic rings. The number of hydrogen-bond donors (Lipinski definition) is 2. The van der Waals surface area contributed by atoms with Crippen LogP contribution in [0.25, 0.3) is 0 Å². The van der Waals surface area contributed by atoms with Gasteiger partial charge in [0.2, 0.25) is 5.91 Å². The first-order valence-corrected chi connectivity index (χ1v) is 7.50. The number of nitrogens with one attached hydrogen (secondary N) is 2. The van der Waals surface area contributed by atoms with Gasteiger partial charge in [0.1, 0.15) is 5.75 Å². The third-order valence-electron chi connectivity index (χ3n) is 3.82. The van der Waals surface area contributed by atoms with Crippen LogP contribution in [0, 0.1) is 5.92 Å². The van der Waals surface area contributed by atoms with Crippen LogP contribution in [0.4, 0.5) is 5.69 Å². The van der Waals surface area contributed by atoms with E-state index >= 15 is 0 Å². The van der Waals surface area contributed by atoms with Crippen molar-refractivity contribution in [2.45, 2.75) is 12.8 Å². The molecule has 0 atom stereocenters. The third-order valence-corrected chi connectivity index (χ3v) is 3.82. The lowest BCUT2D eigenvalue weighted by atomic mass is 9.98. The van der Waals surface area contributed by atoms with E-state index in [9.17, 15) is 4.79 Å². The molecule has 116 valence electrons. The van der Waals surface area contributed by atoms with Gasteiger partial charge in [-0.3, -0.25) is 9.69 Å². The van der Waals surface area contributed by atoms with Crippen LogP contribution in [-0.2, 0) is 4.79 Å². The molecule has 1 saturated heterocycles. The molecule has 0 radical (unpaired) electrons. The summed E-state index contributed by atoms with van der Waals surface area (Å²) >= 11 is 0. The average Bonchev–Trinajstić information content (AvgIpc) is 2.48. The minimum absolute atomic E-state index is 0.0246. The number of carbonyl (C=O) groups is 1. The van der Waals surface area contributed by atoms with Crippen LogP contribution in [0.2, 0.25) is 0 Å². The molecule has 2 N–H and O–H groups in total. The van der Waals surface area contributed by atoms with Crippen molar-refractivity contribution in [2.24, 2.45) is 5.92 Å². The van der Waals surface area contributed by atoms with E-state index in [0.29, 0.717) is 12.5 Å². The molecule has 5 nitrogen and oxygen atoms in total. The number of hydrogen-bond acceptors (Lipinski definition) is 4. The Hall–Kier alpha value is -1.59. The Bertz CT molecular complexity index is 441. The smallest absolute Gasteiger partial charge is 0.238 e. The van der Waals surface area contributed by atoms with E-state index in [2.05, 4.69) is 15.5 Å². The Balaban J connectivity index is 1.74. The molecule has 1 aromatic carbocycles. The predicted octanol–water partition coefficient (Wildman–Crippen LogP) is 1.57. The lowest BCUT2D eigenvalue weighted by Crippen LogP contribution is -2.37. The zero-order valence-electron chi connectivity index (χ0n) is 12.9.